The number of rotatable bonds is 8. The number of esters is 1. The molecule has 0 radical (unpaired) electrons. The molecule has 1 aromatic carbocycles. The molecule has 0 amide bonds. The van der Waals surface area contributed by atoms with Crippen LogP contribution in [0.15, 0.2) is 30.3 Å². The van der Waals surface area contributed by atoms with Crippen LogP contribution in [0.3, 0.4) is 0 Å². The van der Waals surface area contributed by atoms with Crippen molar-refractivity contribution in [3.63, 3.8) is 0 Å². The van der Waals surface area contributed by atoms with E-state index < -0.39 is 17.4 Å². The van der Waals surface area contributed by atoms with Crippen LogP contribution in [-0.4, -0.2) is 52.3 Å². The summed E-state index contributed by atoms with van der Waals surface area (Å²) in [6.45, 7) is 9.00. The molecule has 2 aliphatic rings. The lowest BCUT2D eigenvalue weighted by molar-refractivity contribution is -0.185. The molecule has 4 rings (SSSR count). The van der Waals surface area contributed by atoms with Crippen LogP contribution >= 0.6 is 0 Å². The second-order valence-corrected chi connectivity index (χ2v) is 10.8. The number of carbonyl (C=O) groups excluding carboxylic acids is 1. The molecule has 8 heteroatoms. The Morgan fingerprint density at radius 2 is 1.72 bits per heavy atom. The van der Waals surface area contributed by atoms with E-state index in [1.54, 1.807) is 20.8 Å². The maximum atomic E-state index is 13.1. The second-order valence-electron chi connectivity index (χ2n) is 10.8. The van der Waals surface area contributed by atoms with Gasteiger partial charge in [-0.1, -0.05) is 43.7 Å². The summed E-state index contributed by atoms with van der Waals surface area (Å²) in [5.41, 5.74) is 0.122. The Morgan fingerprint density at radius 3 is 2.33 bits per heavy atom. The molecule has 2 fully saturated rings. The van der Waals surface area contributed by atoms with Crippen LogP contribution in [0.5, 0.6) is 11.6 Å². The van der Waals surface area contributed by atoms with Gasteiger partial charge in [0, 0.05) is 24.7 Å². The zero-order valence-corrected chi connectivity index (χ0v) is 21.8. The van der Waals surface area contributed by atoms with Gasteiger partial charge in [0.15, 0.2) is 11.5 Å². The Bertz CT molecular complexity index is 1030. The summed E-state index contributed by atoms with van der Waals surface area (Å²) < 4.78 is 23.3. The number of hydrogen-bond acceptors (Lipinski definition) is 8. The Kier molecular flexibility index (Phi) is 7.85. The molecule has 196 valence electrons. The van der Waals surface area contributed by atoms with E-state index in [2.05, 4.69) is 22.1 Å². The Morgan fingerprint density at radius 1 is 1.06 bits per heavy atom. The minimum Gasteiger partial charge on any atom is -0.491 e. The van der Waals surface area contributed by atoms with Gasteiger partial charge in [-0.05, 0) is 45.6 Å². The van der Waals surface area contributed by atoms with Gasteiger partial charge in [0.1, 0.15) is 11.4 Å². The van der Waals surface area contributed by atoms with Gasteiger partial charge in [0.25, 0.3) is 5.88 Å². The third-order valence-electron chi connectivity index (χ3n) is 6.90. The zero-order chi connectivity index (χ0) is 25.8. The van der Waals surface area contributed by atoms with E-state index in [0.717, 1.165) is 38.5 Å². The fourth-order valence-corrected chi connectivity index (χ4v) is 5.04. The number of ether oxygens (including phenoxy) is 4. The molecule has 1 saturated carbocycles. The SMILES string of the molecule is CCCCOc1c(O)nc(CC2(c3ccccc3)CCC3(CC2)OCCO3)nc1C(=O)OC(C)(C)C. The van der Waals surface area contributed by atoms with Crippen molar-refractivity contribution < 1.29 is 28.8 Å². The second kappa shape index (κ2) is 10.7. The van der Waals surface area contributed by atoms with E-state index in [4.69, 9.17) is 18.9 Å². The molecule has 1 aliphatic heterocycles. The highest BCUT2D eigenvalue weighted by Gasteiger charge is 2.47. The van der Waals surface area contributed by atoms with Crippen LogP contribution in [0.2, 0.25) is 0 Å². The molecule has 1 spiro atoms. The van der Waals surface area contributed by atoms with Crippen molar-refractivity contribution in [1.82, 2.24) is 9.97 Å². The smallest absolute Gasteiger partial charge is 0.361 e. The largest absolute Gasteiger partial charge is 0.491 e. The third-order valence-corrected chi connectivity index (χ3v) is 6.90. The van der Waals surface area contributed by atoms with Gasteiger partial charge in [-0.3, -0.25) is 0 Å². The standard InChI is InChI=1S/C28H38N2O6/c1-5-6-16-33-23-22(25(32)36-26(2,3)4)29-21(30-24(23)31)19-27(20-10-8-7-9-11-20)12-14-28(15-13-27)34-17-18-35-28/h7-11H,5-6,12-19H2,1-4H3,(H,29,30,31). The quantitative estimate of drug-likeness (QED) is 0.396. The van der Waals surface area contributed by atoms with Crippen molar-refractivity contribution >= 4 is 5.97 Å². The summed E-state index contributed by atoms with van der Waals surface area (Å²) in [6, 6.07) is 10.3. The monoisotopic (exact) mass is 498 g/mol. The number of aromatic nitrogens is 2. The van der Waals surface area contributed by atoms with Crippen molar-refractivity contribution in [2.24, 2.45) is 0 Å². The summed E-state index contributed by atoms with van der Waals surface area (Å²) in [5, 5.41) is 10.8. The highest BCUT2D eigenvalue weighted by Crippen LogP contribution is 2.48. The fourth-order valence-electron chi connectivity index (χ4n) is 5.04. The first-order valence-corrected chi connectivity index (χ1v) is 12.9. The van der Waals surface area contributed by atoms with E-state index in [1.807, 2.05) is 25.1 Å². The Labute approximate surface area is 213 Å². The van der Waals surface area contributed by atoms with Crippen molar-refractivity contribution in [2.75, 3.05) is 19.8 Å². The lowest BCUT2D eigenvalue weighted by Gasteiger charge is -2.44. The molecule has 1 N–H and O–H groups in total. The van der Waals surface area contributed by atoms with Gasteiger partial charge in [0.05, 0.1) is 19.8 Å². The molecule has 2 heterocycles. The summed E-state index contributed by atoms with van der Waals surface area (Å²) in [6.07, 6.45) is 5.25. The maximum Gasteiger partial charge on any atom is 0.361 e. The molecular weight excluding hydrogens is 460 g/mol. The van der Waals surface area contributed by atoms with Gasteiger partial charge < -0.3 is 24.1 Å². The van der Waals surface area contributed by atoms with Gasteiger partial charge in [0.2, 0.25) is 5.75 Å². The molecule has 0 atom stereocenters. The Balaban J connectivity index is 1.68. The lowest BCUT2D eigenvalue weighted by Crippen LogP contribution is -2.43. The van der Waals surface area contributed by atoms with Crippen LogP contribution in [0.25, 0.3) is 0 Å². The van der Waals surface area contributed by atoms with Crippen LogP contribution < -0.4 is 4.74 Å². The number of nitrogens with zero attached hydrogens (tertiary/aromatic N) is 2. The predicted octanol–water partition coefficient (Wildman–Crippen LogP) is 5.11. The first-order chi connectivity index (χ1) is 17.2. The molecule has 1 saturated heterocycles. The minimum absolute atomic E-state index is 0.0226. The molecule has 1 aromatic heterocycles. The van der Waals surface area contributed by atoms with Gasteiger partial charge in [-0.15, -0.1) is 0 Å². The number of unbranched alkanes of at least 4 members (excludes halogenated alkanes) is 1. The normalized spacial score (nSPS) is 18.8. The minimum atomic E-state index is -0.720. The summed E-state index contributed by atoms with van der Waals surface area (Å²) in [7, 11) is 0. The average molecular weight is 499 g/mol. The lowest BCUT2D eigenvalue weighted by atomic mass is 9.65. The van der Waals surface area contributed by atoms with Crippen molar-refractivity contribution in [1.29, 1.82) is 0 Å². The van der Waals surface area contributed by atoms with Crippen LogP contribution in [-0.2, 0) is 26.0 Å². The molecule has 0 bridgehead atoms. The van der Waals surface area contributed by atoms with Gasteiger partial charge >= 0.3 is 5.97 Å². The number of carbonyl (C=O) groups is 1. The van der Waals surface area contributed by atoms with E-state index >= 15 is 0 Å². The summed E-state index contributed by atoms with van der Waals surface area (Å²) >= 11 is 0. The van der Waals surface area contributed by atoms with Crippen molar-refractivity contribution in [2.45, 2.75) is 89.4 Å². The van der Waals surface area contributed by atoms with E-state index in [1.165, 1.54) is 5.56 Å². The highest BCUT2D eigenvalue weighted by atomic mass is 16.7. The van der Waals surface area contributed by atoms with E-state index in [9.17, 15) is 9.90 Å². The topological polar surface area (TPSA) is 100 Å². The van der Waals surface area contributed by atoms with Crippen LogP contribution in [0, 0.1) is 0 Å². The molecule has 0 unspecified atom stereocenters. The first-order valence-electron chi connectivity index (χ1n) is 12.9. The molecular formula is C28H38N2O6. The molecule has 2 aromatic rings. The van der Waals surface area contributed by atoms with Gasteiger partial charge in [-0.2, -0.15) is 4.98 Å². The fraction of sp³-hybridized carbons (Fsp3) is 0.607. The van der Waals surface area contributed by atoms with Crippen LogP contribution in [0.1, 0.15) is 88.1 Å². The maximum absolute atomic E-state index is 13.1. The van der Waals surface area contributed by atoms with Gasteiger partial charge in [-0.25, -0.2) is 9.78 Å². The third kappa shape index (κ3) is 5.98. The first kappa shape index (κ1) is 26.4. The average Bonchev–Trinajstić information content (AvgIpc) is 3.30. The van der Waals surface area contributed by atoms with Crippen LogP contribution in [0.4, 0.5) is 0 Å². The zero-order valence-electron chi connectivity index (χ0n) is 21.8. The molecule has 1 aliphatic carbocycles. The molecule has 36 heavy (non-hydrogen) atoms. The summed E-state index contributed by atoms with van der Waals surface area (Å²) in [5.74, 6) is -1.14. The predicted molar refractivity (Wildman–Crippen MR) is 134 cm³/mol. The number of hydrogen-bond donors (Lipinski definition) is 1. The number of aromatic hydroxyl groups is 1. The molecule has 8 nitrogen and oxygen atoms in total. The van der Waals surface area contributed by atoms with Crippen molar-refractivity contribution in [3.05, 3.63) is 47.4 Å². The van der Waals surface area contributed by atoms with E-state index in [-0.39, 0.29) is 22.7 Å². The van der Waals surface area contributed by atoms with Crippen molar-refractivity contribution in [3.8, 4) is 11.6 Å². The summed E-state index contributed by atoms with van der Waals surface area (Å²) in [4.78, 5) is 22.1. The Hall–Kier alpha value is -2.71. The van der Waals surface area contributed by atoms with E-state index in [0.29, 0.717) is 32.1 Å². The highest BCUT2D eigenvalue weighted by molar-refractivity contribution is 5.91. The number of benzene rings is 1.